The standard InChI is InChI=1S/C17H15ClN6/c1-11(24-19)16-9-12(5-7-20-16)15-6-8-21-17(23-15)22-14-4-2-3-13(18)10-14/h2-10H,19H2,1H3,(H,21,22,23)/b24-11+. The first-order chi connectivity index (χ1) is 11.7. The monoisotopic (exact) mass is 338 g/mol. The second-order valence-electron chi connectivity index (χ2n) is 5.05. The highest BCUT2D eigenvalue weighted by molar-refractivity contribution is 6.30. The number of hydrogen-bond acceptors (Lipinski definition) is 6. The van der Waals surface area contributed by atoms with Crippen molar-refractivity contribution in [2.24, 2.45) is 10.9 Å². The average Bonchev–Trinajstić information content (AvgIpc) is 2.61. The van der Waals surface area contributed by atoms with Gasteiger partial charge in [0, 0.05) is 28.7 Å². The van der Waals surface area contributed by atoms with Crippen LogP contribution in [0.25, 0.3) is 11.3 Å². The van der Waals surface area contributed by atoms with E-state index in [2.05, 4.69) is 25.4 Å². The number of nitrogens with one attached hydrogen (secondary N) is 1. The van der Waals surface area contributed by atoms with Crippen LogP contribution in [0.15, 0.2) is 60.0 Å². The minimum absolute atomic E-state index is 0.484. The smallest absolute Gasteiger partial charge is 0.227 e. The molecule has 3 rings (SSSR count). The summed E-state index contributed by atoms with van der Waals surface area (Å²) < 4.78 is 0. The number of rotatable bonds is 4. The molecule has 6 nitrogen and oxygen atoms in total. The Balaban J connectivity index is 1.91. The predicted octanol–water partition coefficient (Wildman–Crippen LogP) is 3.62. The zero-order valence-electron chi connectivity index (χ0n) is 12.9. The molecular formula is C17H15ClN6. The van der Waals surface area contributed by atoms with Crippen LogP contribution < -0.4 is 11.2 Å². The lowest BCUT2D eigenvalue weighted by molar-refractivity contribution is 1.16. The van der Waals surface area contributed by atoms with Crippen molar-refractivity contribution in [3.63, 3.8) is 0 Å². The summed E-state index contributed by atoms with van der Waals surface area (Å²) in [5, 5.41) is 7.45. The third-order valence-electron chi connectivity index (χ3n) is 3.36. The zero-order valence-corrected chi connectivity index (χ0v) is 13.7. The fourth-order valence-electron chi connectivity index (χ4n) is 2.13. The van der Waals surface area contributed by atoms with Gasteiger partial charge < -0.3 is 11.2 Å². The highest BCUT2D eigenvalue weighted by Crippen LogP contribution is 2.21. The van der Waals surface area contributed by atoms with Crippen molar-refractivity contribution < 1.29 is 0 Å². The SMILES string of the molecule is C/C(=N\N)c1cc(-c2ccnc(Nc3cccc(Cl)c3)n2)ccn1. The van der Waals surface area contributed by atoms with Crippen molar-refractivity contribution >= 4 is 28.9 Å². The van der Waals surface area contributed by atoms with Crippen LogP contribution in [0.4, 0.5) is 11.6 Å². The van der Waals surface area contributed by atoms with Gasteiger partial charge in [-0.2, -0.15) is 5.10 Å². The number of nitrogens with zero attached hydrogens (tertiary/aromatic N) is 4. The molecule has 0 bridgehead atoms. The van der Waals surface area contributed by atoms with Crippen molar-refractivity contribution in [2.75, 3.05) is 5.32 Å². The quantitative estimate of drug-likeness (QED) is 0.431. The molecule has 0 saturated carbocycles. The van der Waals surface area contributed by atoms with E-state index >= 15 is 0 Å². The number of benzene rings is 1. The normalized spacial score (nSPS) is 11.3. The van der Waals surface area contributed by atoms with E-state index in [1.165, 1.54) is 0 Å². The molecule has 0 unspecified atom stereocenters. The van der Waals surface area contributed by atoms with Crippen LogP contribution in [0, 0.1) is 0 Å². The van der Waals surface area contributed by atoms with E-state index in [0.29, 0.717) is 22.4 Å². The third-order valence-corrected chi connectivity index (χ3v) is 3.59. The van der Waals surface area contributed by atoms with Crippen LogP contribution >= 0.6 is 11.6 Å². The first kappa shape index (κ1) is 15.9. The van der Waals surface area contributed by atoms with Crippen molar-refractivity contribution in [1.82, 2.24) is 15.0 Å². The molecule has 120 valence electrons. The number of aromatic nitrogens is 3. The summed E-state index contributed by atoms with van der Waals surface area (Å²) in [6.45, 7) is 1.80. The summed E-state index contributed by atoms with van der Waals surface area (Å²) in [6, 6.07) is 13.0. The number of nitrogens with two attached hydrogens (primary N) is 1. The maximum atomic E-state index is 5.99. The lowest BCUT2D eigenvalue weighted by Crippen LogP contribution is -2.02. The summed E-state index contributed by atoms with van der Waals surface area (Å²) in [6.07, 6.45) is 3.39. The van der Waals surface area contributed by atoms with Gasteiger partial charge in [-0.05, 0) is 43.3 Å². The van der Waals surface area contributed by atoms with E-state index in [-0.39, 0.29) is 0 Å². The zero-order chi connectivity index (χ0) is 16.9. The van der Waals surface area contributed by atoms with Crippen molar-refractivity contribution in [1.29, 1.82) is 0 Å². The Labute approximate surface area is 144 Å². The van der Waals surface area contributed by atoms with Gasteiger partial charge in [-0.3, -0.25) is 4.98 Å². The molecule has 1 aromatic carbocycles. The van der Waals surface area contributed by atoms with E-state index in [4.69, 9.17) is 17.4 Å². The number of halogens is 1. The lowest BCUT2D eigenvalue weighted by Gasteiger charge is -2.07. The molecule has 7 heteroatoms. The van der Waals surface area contributed by atoms with Crippen LogP contribution in [0.5, 0.6) is 0 Å². The first-order valence-corrected chi connectivity index (χ1v) is 7.60. The van der Waals surface area contributed by atoms with Gasteiger partial charge in [-0.25, -0.2) is 9.97 Å². The maximum Gasteiger partial charge on any atom is 0.227 e. The molecule has 0 aliphatic heterocycles. The van der Waals surface area contributed by atoms with E-state index < -0.39 is 0 Å². The fraction of sp³-hybridized carbons (Fsp3) is 0.0588. The number of hydrazone groups is 1. The summed E-state index contributed by atoms with van der Waals surface area (Å²) in [7, 11) is 0. The average molecular weight is 339 g/mol. The Morgan fingerprint density at radius 2 is 1.96 bits per heavy atom. The van der Waals surface area contributed by atoms with Gasteiger partial charge in [0.2, 0.25) is 5.95 Å². The Bertz CT molecular complexity index is 894. The lowest BCUT2D eigenvalue weighted by atomic mass is 10.1. The van der Waals surface area contributed by atoms with E-state index in [9.17, 15) is 0 Å². The molecule has 2 aromatic heterocycles. The largest absolute Gasteiger partial charge is 0.324 e. The van der Waals surface area contributed by atoms with Crippen molar-refractivity contribution in [3.05, 3.63) is 65.6 Å². The van der Waals surface area contributed by atoms with Gasteiger partial charge in [0.15, 0.2) is 0 Å². The van der Waals surface area contributed by atoms with Crippen LogP contribution in [0.3, 0.4) is 0 Å². The molecular weight excluding hydrogens is 324 g/mol. The minimum Gasteiger partial charge on any atom is -0.324 e. The molecule has 0 radical (unpaired) electrons. The molecule has 3 aromatic rings. The van der Waals surface area contributed by atoms with E-state index in [1.807, 2.05) is 42.5 Å². The molecule has 0 aliphatic rings. The van der Waals surface area contributed by atoms with E-state index in [1.54, 1.807) is 19.3 Å². The van der Waals surface area contributed by atoms with Gasteiger partial charge in [0.25, 0.3) is 0 Å². The Kier molecular flexibility index (Phi) is 4.67. The molecule has 24 heavy (non-hydrogen) atoms. The summed E-state index contributed by atoms with van der Waals surface area (Å²) in [4.78, 5) is 13.0. The molecule has 0 saturated heterocycles. The molecule has 0 spiro atoms. The third kappa shape index (κ3) is 3.67. The van der Waals surface area contributed by atoms with Crippen LogP contribution in [0.1, 0.15) is 12.6 Å². The Hall–Kier alpha value is -2.99. The molecule has 0 aliphatic carbocycles. The van der Waals surface area contributed by atoms with Crippen LogP contribution in [-0.4, -0.2) is 20.7 Å². The van der Waals surface area contributed by atoms with Gasteiger partial charge in [0.1, 0.15) is 0 Å². The van der Waals surface area contributed by atoms with E-state index in [0.717, 1.165) is 16.9 Å². The summed E-state index contributed by atoms with van der Waals surface area (Å²) in [5.41, 5.74) is 3.85. The predicted molar refractivity (Wildman–Crippen MR) is 96.4 cm³/mol. The first-order valence-electron chi connectivity index (χ1n) is 7.22. The molecule has 0 atom stereocenters. The Morgan fingerprint density at radius 1 is 1.12 bits per heavy atom. The molecule has 0 amide bonds. The van der Waals surface area contributed by atoms with Crippen LogP contribution in [-0.2, 0) is 0 Å². The minimum atomic E-state index is 0.484. The number of hydrogen-bond donors (Lipinski definition) is 2. The van der Waals surface area contributed by atoms with Crippen LogP contribution in [0.2, 0.25) is 5.02 Å². The molecule has 3 N–H and O–H groups in total. The number of pyridine rings is 1. The van der Waals surface area contributed by atoms with Crippen molar-refractivity contribution in [3.8, 4) is 11.3 Å². The van der Waals surface area contributed by atoms with Gasteiger partial charge >= 0.3 is 0 Å². The molecule has 2 heterocycles. The summed E-state index contributed by atoms with van der Waals surface area (Å²) >= 11 is 5.99. The Morgan fingerprint density at radius 3 is 2.75 bits per heavy atom. The summed E-state index contributed by atoms with van der Waals surface area (Å²) in [5.74, 6) is 5.80. The number of anilines is 2. The van der Waals surface area contributed by atoms with Gasteiger partial charge in [-0.15, -0.1) is 0 Å². The molecule has 0 fully saturated rings. The van der Waals surface area contributed by atoms with Crippen molar-refractivity contribution in [2.45, 2.75) is 6.92 Å². The second-order valence-corrected chi connectivity index (χ2v) is 5.48. The van der Waals surface area contributed by atoms with Gasteiger partial charge in [0.05, 0.1) is 17.1 Å². The van der Waals surface area contributed by atoms with Gasteiger partial charge in [-0.1, -0.05) is 17.7 Å². The highest BCUT2D eigenvalue weighted by Gasteiger charge is 2.06. The fourth-order valence-corrected chi connectivity index (χ4v) is 2.32. The highest BCUT2D eigenvalue weighted by atomic mass is 35.5. The maximum absolute atomic E-state index is 5.99. The topological polar surface area (TPSA) is 89.1 Å². The second kappa shape index (κ2) is 7.06.